The van der Waals surface area contributed by atoms with E-state index in [0.717, 1.165) is 0 Å². The topological polar surface area (TPSA) is 46.5 Å². The van der Waals surface area contributed by atoms with E-state index < -0.39 is 5.97 Å². The molecule has 0 amide bonds. The molecule has 0 saturated carbocycles. The summed E-state index contributed by atoms with van der Waals surface area (Å²) in [5.74, 6) is -1.00. The molecule has 0 aliphatic rings. The molecule has 98 valence electrons. The van der Waals surface area contributed by atoms with Crippen molar-refractivity contribution in [2.75, 3.05) is 0 Å². The molecule has 19 heavy (non-hydrogen) atoms. The van der Waals surface area contributed by atoms with Crippen molar-refractivity contribution >= 4 is 17.6 Å². The molecule has 0 aliphatic carbocycles. The SMILES string of the molecule is Cc1cc(Oc2cc(Cl)ccc2C(=O)O)ccc1F. The van der Waals surface area contributed by atoms with Gasteiger partial charge in [-0.05, 0) is 42.8 Å². The van der Waals surface area contributed by atoms with Gasteiger partial charge in [-0.2, -0.15) is 0 Å². The Hall–Kier alpha value is -2.07. The van der Waals surface area contributed by atoms with Gasteiger partial charge in [-0.3, -0.25) is 0 Å². The third-order valence-electron chi connectivity index (χ3n) is 2.53. The van der Waals surface area contributed by atoms with E-state index in [1.54, 1.807) is 6.92 Å². The van der Waals surface area contributed by atoms with Gasteiger partial charge in [-0.1, -0.05) is 11.6 Å². The van der Waals surface area contributed by atoms with Crippen molar-refractivity contribution in [2.45, 2.75) is 6.92 Å². The standard InChI is InChI=1S/C14H10ClFO3/c1-8-6-10(3-5-12(8)16)19-13-7-9(15)2-4-11(13)14(17)18/h2-7H,1H3,(H,17,18). The summed E-state index contributed by atoms with van der Waals surface area (Å²) in [6.07, 6.45) is 0. The second kappa shape index (κ2) is 5.28. The minimum atomic E-state index is -1.12. The lowest BCUT2D eigenvalue weighted by atomic mass is 10.2. The molecule has 2 aromatic rings. The van der Waals surface area contributed by atoms with Crippen LogP contribution >= 0.6 is 11.6 Å². The molecule has 2 aromatic carbocycles. The van der Waals surface area contributed by atoms with E-state index in [1.165, 1.54) is 36.4 Å². The van der Waals surface area contributed by atoms with Gasteiger partial charge in [-0.15, -0.1) is 0 Å². The van der Waals surface area contributed by atoms with Crippen molar-refractivity contribution in [1.82, 2.24) is 0 Å². The highest BCUT2D eigenvalue weighted by atomic mass is 35.5. The summed E-state index contributed by atoms with van der Waals surface area (Å²) >= 11 is 5.81. The van der Waals surface area contributed by atoms with Crippen LogP contribution in [0.25, 0.3) is 0 Å². The maximum Gasteiger partial charge on any atom is 0.339 e. The second-order valence-corrected chi connectivity index (χ2v) is 4.40. The van der Waals surface area contributed by atoms with E-state index in [1.807, 2.05) is 0 Å². The Labute approximate surface area is 114 Å². The third kappa shape index (κ3) is 3.03. The lowest BCUT2D eigenvalue weighted by molar-refractivity contribution is 0.0694. The van der Waals surface area contributed by atoms with Crippen molar-refractivity contribution in [3.63, 3.8) is 0 Å². The first-order chi connectivity index (χ1) is 8.97. The van der Waals surface area contributed by atoms with Gasteiger partial charge in [0.15, 0.2) is 0 Å². The van der Waals surface area contributed by atoms with E-state index in [9.17, 15) is 9.18 Å². The van der Waals surface area contributed by atoms with Gasteiger partial charge in [0, 0.05) is 11.1 Å². The summed E-state index contributed by atoms with van der Waals surface area (Å²) in [5.41, 5.74) is 0.405. The molecule has 0 bridgehead atoms. The summed E-state index contributed by atoms with van der Waals surface area (Å²) in [6, 6.07) is 8.40. The smallest absolute Gasteiger partial charge is 0.339 e. The highest BCUT2D eigenvalue weighted by molar-refractivity contribution is 6.30. The number of aryl methyl sites for hydroxylation is 1. The molecule has 0 aromatic heterocycles. The zero-order chi connectivity index (χ0) is 14.0. The Morgan fingerprint density at radius 1 is 1.26 bits per heavy atom. The molecular formula is C14H10ClFO3. The van der Waals surface area contributed by atoms with Crippen LogP contribution in [0.4, 0.5) is 4.39 Å². The monoisotopic (exact) mass is 280 g/mol. The first kappa shape index (κ1) is 13.4. The largest absolute Gasteiger partial charge is 0.478 e. The van der Waals surface area contributed by atoms with Crippen molar-refractivity contribution in [3.8, 4) is 11.5 Å². The van der Waals surface area contributed by atoms with E-state index in [0.29, 0.717) is 16.3 Å². The summed E-state index contributed by atoms with van der Waals surface area (Å²) in [5, 5.41) is 9.41. The number of benzene rings is 2. The molecule has 0 atom stereocenters. The average Bonchev–Trinajstić information content (AvgIpc) is 2.33. The summed E-state index contributed by atoms with van der Waals surface area (Å²) in [4.78, 5) is 11.1. The predicted octanol–water partition coefficient (Wildman–Crippen LogP) is 4.28. The van der Waals surface area contributed by atoms with Crippen LogP contribution in [0.1, 0.15) is 15.9 Å². The Balaban J connectivity index is 2.39. The van der Waals surface area contributed by atoms with E-state index >= 15 is 0 Å². The number of carbonyl (C=O) groups is 1. The van der Waals surface area contributed by atoms with Crippen molar-refractivity contribution in [1.29, 1.82) is 0 Å². The normalized spacial score (nSPS) is 10.3. The molecule has 0 fully saturated rings. The quantitative estimate of drug-likeness (QED) is 0.913. The first-order valence-corrected chi connectivity index (χ1v) is 5.82. The number of rotatable bonds is 3. The third-order valence-corrected chi connectivity index (χ3v) is 2.77. The van der Waals surface area contributed by atoms with Gasteiger partial charge >= 0.3 is 5.97 Å². The fraction of sp³-hybridized carbons (Fsp3) is 0.0714. The Morgan fingerprint density at radius 3 is 2.63 bits per heavy atom. The lowest BCUT2D eigenvalue weighted by Gasteiger charge is -2.10. The summed E-state index contributed by atoms with van der Waals surface area (Å²) < 4.78 is 18.6. The number of ether oxygens (including phenoxy) is 1. The minimum Gasteiger partial charge on any atom is -0.478 e. The molecular weight excluding hydrogens is 271 g/mol. The molecule has 3 nitrogen and oxygen atoms in total. The number of halogens is 2. The zero-order valence-electron chi connectivity index (χ0n) is 9.98. The maximum atomic E-state index is 13.1. The van der Waals surface area contributed by atoms with Gasteiger partial charge in [-0.25, -0.2) is 9.18 Å². The van der Waals surface area contributed by atoms with Crippen LogP contribution < -0.4 is 4.74 Å². The van der Waals surface area contributed by atoms with Crippen LogP contribution in [-0.2, 0) is 0 Å². The molecule has 0 saturated heterocycles. The minimum absolute atomic E-state index is 0.00798. The van der Waals surface area contributed by atoms with Crippen molar-refractivity contribution < 1.29 is 19.0 Å². The Kier molecular flexibility index (Phi) is 3.71. The Morgan fingerprint density at radius 2 is 2.00 bits per heavy atom. The number of hydrogen-bond acceptors (Lipinski definition) is 2. The van der Waals surface area contributed by atoms with Gasteiger partial charge in [0.1, 0.15) is 22.9 Å². The Bertz CT molecular complexity index is 641. The van der Waals surface area contributed by atoms with Gasteiger partial charge in [0.2, 0.25) is 0 Å². The number of hydrogen-bond donors (Lipinski definition) is 1. The van der Waals surface area contributed by atoms with Gasteiger partial charge in [0.25, 0.3) is 0 Å². The molecule has 0 radical (unpaired) electrons. The fourth-order valence-electron chi connectivity index (χ4n) is 1.56. The van der Waals surface area contributed by atoms with Crippen LogP contribution in [0.5, 0.6) is 11.5 Å². The van der Waals surface area contributed by atoms with E-state index in [4.69, 9.17) is 21.4 Å². The fourth-order valence-corrected chi connectivity index (χ4v) is 1.73. The van der Waals surface area contributed by atoms with Crippen LogP contribution in [0.2, 0.25) is 5.02 Å². The highest BCUT2D eigenvalue weighted by Crippen LogP contribution is 2.29. The number of aromatic carboxylic acids is 1. The summed E-state index contributed by atoms with van der Waals surface area (Å²) in [6.45, 7) is 1.60. The summed E-state index contributed by atoms with van der Waals surface area (Å²) in [7, 11) is 0. The van der Waals surface area contributed by atoms with Crippen LogP contribution in [0.15, 0.2) is 36.4 Å². The lowest BCUT2D eigenvalue weighted by Crippen LogP contribution is -2.00. The first-order valence-electron chi connectivity index (χ1n) is 5.44. The van der Waals surface area contributed by atoms with E-state index in [-0.39, 0.29) is 17.1 Å². The second-order valence-electron chi connectivity index (χ2n) is 3.96. The van der Waals surface area contributed by atoms with Crippen LogP contribution in [0.3, 0.4) is 0 Å². The molecule has 0 heterocycles. The van der Waals surface area contributed by atoms with Crippen molar-refractivity contribution in [3.05, 3.63) is 58.4 Å². The maximum absolute atomic E-state index is 13.1. The molecule has 5 heteroatoms. The molecule has 1 N–H and O–H groups in total. The van der Waals surface area contributed by atoms with Crippen LogP contribution in [-0.4, -0.2) is 11.1 Å². The average molecular weight is 281 g/mol. The molecule has 0 aliphatic heterocycles. The highest BCUT2D eigenvalue weighted by Gasteiger charge is 2.13. The number of carboxylic acids is 1. The van der Waals surface area contributed by atoms with Gasteiger partial charge in [0.05, 0.1) is 0 Å². The molecule has 0 unspecified atom stereocenters. The van der Waals surface area contributed by atoms with E-state index in [2.05, 4.69) is 0 Å². The number of carboxylic acid groups (broad SMARTS) is 1. The van der Waals surface area contributed by atoms with Crippen LogP contribution in [0, 0.1) is 12.7 Å². The van der Waals surface area contributed by atoms with Crippen molar-refractivity contribution in [2.24, 2.45) is 0 Å². The van der Waals surface area contributed by atoms with Gasteiger partial charge < -0.3 is 9.84 Å². The molecule has 0 spiro atoms. The zero-order valence-corrected chi connectivity index (χ0v) is 10.7. The molecule has 2 rings (SSSR count). The predicted molar refractivity (Wildman–Crippen MR) is 69.6 cm³/mol.